The zero-order valence-electron chi connectivity index (χ0n) is 12.6. The Labute approximate surface area is 121 Å². The summed E-state index contributed by atoms with van der Waals surface area (Å²) in [5.74, 6) is 1.63. The van der Waals surface area contributed by atoms with Gasteiger partial charge in [-0.2, -0.15) is 0 Å². The lowest BCUT2D eigenvalue weighted by atomic mass is 10.1. The highest BCUT2D eigenvalue weighted by Crippen LogP contribution is 2.27. The molecule has 20 heavy (non-hydrogen) atoms. The number of piperazine rings is 1. The van der Waals surface area contributed by atoms with Crippen molar-refractivity contribution in [2.45, 2.75) is 38.1 Å². The van der Waals surface area contributed by atoms with E-state index in [1.165, 1.54) is 30.5 Å². The maximum atomic E-state index is 6.22. The molecule has 0 amide bonds. The van der Waals surface area contributed by atoms with E-state index in [-0.39, 0.29) is 6.04 Å². The highest BCUT2D eigenvalue weighted by molar-refractivity contribution is 5.43. The first-order valence-electron chi connectivity index (χ1n) is 7.69. The second-order valence-electron chi connectivity index (χ2n) is 6.21. The second kappa shape index (κ2) is 5.66. The minimum atomic E-state index is 0.268. The van der Waals surface area contributed by atoms with Crippen LogP contribution in [0.3, 0.4) is 0 Å². The van der Waals surface area contributed by atoms with Crippen molar-refractivity contribution in [1.29, 1.82) is 0 Å². The molecule has 0 saturated carbocycles. The predicted molar refractivity (Wildman–Crippen MR) is 80.6 cm³/mol. The molecule has 5 nitrogen and oxygen atoms in total. The van der Waals surface area contributed by atoms with E-state index in [1.807, 2.05) is 0 Å². The third-order valence-corrected chi connectivity index (χ3v) is 4.63. The molecule has 1 saturated heterocycles. The van der Waals surface area contributed by atoms with Gasteiger partial charge >= 0.3 is 0 Å². The Morgan fingerprint density at radius 3 is 2.70 bits per heavy atom. The van der Waals surface area contributed by atoms with Crippen molar-refractivity contribution in [2.75, 3.05) is 39.5 Å². The van der Waals surface area contributed by atoms with Crippen molar-refractivity contribution < 1.29 is 0 Å². The lowest BCUT2D eigenvalue weighted by Crippen LogP contribution is -2.45. The average molecular weight is 275 g/mol. The van der Waals surface area contributed by atoms with Crippen LogP contribution < -0.4 is 5.73 Å². The topological polar surface area (TPSA) is 58.3 Å². The van der Waals surface area contributed by atoms with Gasteiger partial charge < -0.3 is 10.6 Å². The zero-order chi connectivity index (χ0) is 14.1. The molecule has 1 aromatic rings. The lowest BCUT2D eigenvalue weighted by molar-refractivity contribution is 0.109. The highest BCUT2D eigenvalue weighted by atomic mass is 15.3. The summed E-state index contributed by atoms with van der Waals surface area (Å²) in [6.45, 7) is 3.14. The average Bonchev–Trinajstić information content (AvgIpc) is 2.67. The van der Waals surface area contributed by atoms with Gasteiger partial charge in [0.1, 0.15) is 11.6 Å². The Kier molecular flexibility index (Phi) is 3.89. The number of hydrogen-bond donors (Lipinski definition) is 1. The van der Waals surface area contributed by atoms with E-state index in [0.29, 0.717) is 5.82 Å². The largest absolute Gasteiger partial charge is 0.383 e. The molecule has 2 heterocycles. The smallest absolute Gasteiger partial charge is 0.149 e. The maximum absolute atomic E-state index is 6.22. The second-order valence-corrected chi connectivity index (χ2v) is 6.21. The molecule has 1 aliphatic carbocycles. The van der Waals surface area contributed by atoms with Gasteiger partial charge in [-0.3, -0.25) is 4.90 Å². The van der Waals surface area contributed by atoms with Gasteiger partial charge in [-0.1, -0.05) is 6.42 Å². The highest BCUT2D eigenvalue weighted by Gasteiger charge is 2.27. The Bertz CT molecular complexity index is 487. The van der Waals surface area contributed by atoms with Crippen LogP contribution in [-0.4, -0.2) is 53.5 Å². The van der Waals surface area contributed by atoms with Crippen molar-refractivity contribution in [3.8, 4) is 0 Å². The lowest BCUT2D eigenvalue weighted by Gasteiger charge is -2.36. The number of aryl methyl sites for hydroxylation is 1. The molecule has 0 radical (unpaired) electrons. The van der Waals surface area contributed by atoms with Gasteiger partial charge in [0, 0.05) is 30.9 Å². The summed E-state index contributed by atoms with van der Waals surface area (Å²) in [6, 6.07) is 0.268. The first-order valence-corrected chi connectivity index (χ1v) is 7.69. The fraction of sp³-hybridized carbons (Fsp3) is 0.733. The maximum Gasteiger partial charge on any atom is 0.149 e. The van der Waals surface area contributed by atoms with Gasteiger partial charge in [0.05, 0.1) is 6.04 Å². The summed E-state index contributed by atoms with van der Waals surface area (Å²) in [4.78, 5) is 14.2. The van der Waals surface area contributed by atoms with Gasteiger partial charge in [-0.15, -0.1) is 0 Å². The van der Waals surface area contributed by atoms with Crippen LogP contribution in [0.25, 0.3) is 0 Å². The van der Waals surface area contributed by atoms with Crippen molar-refractivity contribution in [1.82, 2.24) is 19.8 Å². The Hall–Kier alpha value is -1.20. The zero-order valence-corrected chi connectivity index (χ0v) is 12.6. The van der Waals surface area contributed by atoms with Gasteiger partial charge in [0.2, 0.25) is 0 Å². The summed E-state index contributed by atoms with van der Waals surface area (Å²) in [7, 11) is 4.32. The van der Waals surface area contributed by atoms with Crippen LogP contribution in [0, 0.1) is 0 Å². The minimum absolute atomic E-state index is 0.268. The molecule has 0 aromatic carbocycles. The molecule has 2 aliphatic rings. The summed E-state index contributed by atoms with van der Waals surface area (Å²) in [5.41, 5.74) is 8.62. The number of nitrogens with zero attached hydrogens (tertiary/aromatic N) is 4. The first kappa shape index (κ1) is 13.8. The van der Waals surface area contributed by atoms with E-state index in [2.05, 4.69) is 28.9 Å². The van der Waals surface area contributed by atoms with Gasteiger partial charge in [-0.25, -0.2) is 9.97 Å². The molecule has 110 valence electrons. The quantitative estimate of drug-likeness (QED) is 0.782. The van der Waals surface area contributed by atoms with Crippen LogP contribution >= 0.6 is 0 Å². The van der Waals surface area contributed by atoms with Crippen molar-refractivity contribution >= 4 is 5.82 Å². The molecule has 3 rings (SSSR count). The predicted octanol–water partition coefficient (Wildman–Crippen LogP) is 1.25. The Balaban J connectivity index is 1.93. The van der Waals surface area contributed by atoms with Crippen LogP contribution in [0.1, 0.15) is 42.4 Å². The number of aromatic nitrogens is 2. The summed E-state index contributed by atoms with van der Waals surface area (Å²) in [5, 5.41) is 0. The van der Waals surface area contributed by atoms with Crippen LogP contribution in [0.4, 0.5) is 5.82 Å². The van der Waals surface area contributed by atoms with E-state index in [9.17, 15) is 0 Å². The van der Waals surface area contributed by atoms with Gasteiger partial charge in [0.25, 0.3) is 0 Å². The van der Waals surface area contributed by atoms with E-state index in [1.54, 1.807) is 0 Å². The summed E-state index contributed by atoms with van der Waals surface area (Å²) >= 11 is 0. The molecular weight excluding hydrogens is 250 g/mol. The van der Waals surface area contributed by atoms with Crippen LogP contribution in [0.5, 0.6) is 0 Å². The number of nitrogen functional groups attached to an aromatic ring is 1. The SMILES string of the molecule is CN1CCN(C)C(c2nc(N)c3c(n2)CCCCC3)C1. The third kappa shape index (κ3) is 2.65. The summed E-state index contributed by atoms with van der Waals surface area (Å²) < 4.78 is 0. The molecule has 1 atom stereocenters. The van der Waals surface area contributed by atoms with Crippen LogP contribution in [0.15, 0.2) is 0 Å². The Morgan fingerprint density at radius 1 is 1.05 bits per heavy atom. The number of nitrogens with two attached hydrogens (primary N) is 1. The monoisotopic (exact) mass is 275 g/mol. The van der Waals surface area contributed by atoms with Crippen molar-refractivity contribution in [3.05, 3.63) is 17.1 Å². The molecule has 5 heteroatoms. The first-order chi connectivity index (χ1) is 9.65. The molecule has 2 N–H and O–H groups in total. The van der Waals surface area contributed by atoms with E-state index < -0.39 is 0 Å². The molecule has 1 unspecified atom stereocenters. The van der Waals surface area contributed by atoms with Crippen LogP contribution in [-0.2, 0) is 12.8 Å². The van der Waals surface area contributed by atoms with E-state index >= 15 is 0 Å². The number of likely N-dealkylation sites (N-methyl/N-ethyl adjacent to an activating group) is 2. The summed E-state index contributed by atoms with van der Waals surface area (Å²) in [6.07, 6.45) is 5.82. The third-order valence-electron chi connectivity index (χ3n) is 4.63. The fourth-order valence-corrected chi connectivity index (χ4v) is 3.26. The Morgan fingerprint density at radius 2 is 1.85 bits per heavy atom. The number of fused-ring (bicyclic) bond motifs is 1. The standard InChI is InChI=1S/C15H25N5/c1-19-8-9-20(2)13(10-19)15-17-12-7-5-3-4-6-11(12)14(16)18-15/h13H,3-10H2,1-2H3,(H2,16,17,18). The van der Waals surface area contributed by atoms with Gasteiger partial charge in [-0.05, 0) is 39.8 Å². The number of rotatable bonds is 1. The normalized spacial score (nSPS) is 25.2. The molecule has 1 aromatic heterocycles. The van der Waals surface area contributed by atoms with Crippen molar-refractivity contribution in [2.24, 2.45) is 0 Å². The van der Waals surface area contributed by atoms with Crippen LogP contribution in [0.2, 0.25) is 0 Å². The van der Waals surface area contributed by atoms with E-state index in [0.717, 1.165) is 38.3 Å². The number of anilines is 1. The molecule has 0 spiro atoms. The van der Waals surface area contributed by atoms with Gasteiger partial charge in [0.15, 0.2) is 0 Å². The molecular formula is C15H25N5. The molecule has 1 fully saturated rings. The number of hydrogen-bond acceptors (Lipinski definition) is 5. The van der Waals surface area contributed by atoms with Crippen molar-refractivity contribution in [3.63, 3.8) is 0 Å². The van der Waals surface area contributed by atoms with E-state index in [4.69, 9.17) is 10.7 Å². The molecule has 1 aliphatic heterocycles. The molecule has 0 bridgehead atoms. The minimum Gasteiger partial charge on any atom is -0.383 e. The fourth-order valence-electron chi connectivity index (χ4n) is 3.26.